The molecule has 3 heteroatoms. The first-order chi connectivity index (χ1) is 20.7. The fourth-order valence-corrected chi connectivity index (χ4v) is 7.57. The number of hydrogen-bond acceptors (Lipinski definition) is 3. The monoisotopic (exact) mass is 537 g/mol. The standard InChI is InChI=1S/C39H23NO2/c41-37-27-13-1-2-14-28(27)38(42)30-23-24(21-22-29(30)37)40-35-19-9-7-17-33(35)39(34-18-8-10-20-36(34)40)31-15-5-3-11-25(31)26-12-4-6-16-32(26)39/h1-23H. The van der Waals surface area contributed by atoms with Crippen molar-refractivity contribution < 1.29 is 9.59 Å². The topological polar surface area (TPSA) is 37.4 Å². The van der Waals surface area contributed by atoms with Crippen LogP contribution >= 0.6 is 0 Å². The SMILES string of the molecule is O=C1c2ccccc2C(=O)c2cc(N3c4ccccc4C4(c5ccccc5-c5ccccc54)c4ccccc43)ccc21. The first-order valence-electron chi connectivity index (χ1n) is 14.2. The molecule has 3 aliphatic rings. The average molecular weight is 538 g/mol. The Balaban J connectivity index is 1.33. The molecule has 42 heavy (non-hydrogen) atoms. The number of carbonyl (C=O) groups excluding carboxylic acids is 2. The molecule has 0 atom stereocenters. The molecule has 1 heterocycles. The van der Waals surface area contributed by atoms with Gasteiger partial charge in [0.25, 0.3) is 0 Å². The van der Waals surface area contributed by atoms with Gasteiger partial charge in [-0.3, -0.25) is 9.59 Å². The van der Waals surface area contributed by atoms with Gasteiger partial charge < -0.3 is 4.90 Å². The Morgan fingerprint density at radius 1 is 0.381 bits per heavy atom. The molecule has 0 saturated heterocycles. The average Bonchev–Trinajstić information content (AvgIpc) is 3.35. The van der Waals surface area contributed by atoms with Crippen LogP contribution in [0.2, 0.25) is 0 Å². The molecule has 1 aliphatic heterocycles. The summed E-state index contributed by atoms with van der Waals surface area (Å²) in [5, 5.41) is 0. The molecule has 0 saturated carbocycles. The summed E-state index contributed by atoms with van der Waals surface area (Å²) in [6, 6.07) is 47.4. The second-order valence-electron chi connectivity index (χ2n) is 11.1. The van der Waals surface area contributed by atoms with E-state index in [1.807, 2.05) is 24.3 Å². The van der Waals surface area contributed by atoms with Gasteiger partial charge in [-0.25, -0.2) is 0 Å². The normalized spacial score (nSPS) is 14.9. The summed E-state index contributed by atoms with van der Waals surface area (Å²) < 4.78 is 0. The van der Waals surface area contributed by atoms with Gasteiger partial charge in [0.1, 0.15) is 0 Å². The summed E-state index contributed by atoms with van der Waals surface area (Å²) in [6.45, 7) is 0. The van der Waals surface area contributed by atoms with Crippen LogP contribution in [0.25, 0.3) is 11.1 Å². The molecule has 0 aromatic heterocycles. The number of hydrogen-bond donors (Lipinski definition) is 0. The number of para-hydroxylation sites is 2. The largest absolute Gasteiger partial charge is 0.310 e. The van der Waals surface area contributed by atoms with Crippen molar-refractivity contribution in [3.05, 3.63) is 184 Å². The van der Waals surface area contributed by atoms with Crippen LogP contribution in [0.3, 0.4) is 0 Å². The molecule has 0 amide bonds. The van der Waals surface area contributed by atoms with E-state index in [9.17, 15) is 9.59 Å². The van der Waals surface area contributed by atoms with Crippen LogP contribution in [0.5, 0.6) is 0 Å². The molecule has 6 aromatic carbocycles. The summed E-state index contributed by atoms with van der Waals surface area (Å²) in [7, 11) is 0. The van der Waals surface area contributed by atoms with Crippen molar-refractivity contribution in [2.75, 3.05) is 4.90 Å². The molecule has 0 fully saturated rings. The van der Waals surface area contributed by atoms with E-state index in [1.165, 1.54) is 33.4 Å². The molecule has 6 aromatic rings. The zero-order valence-electron chi connectivity index (χ0n) is 22.5. The number of carbonyl (C=O) groups is 2. The van der Waals surface area contributed by atoms with Gasteiger partial charge >= 0.3 is 0 Å². The lowest BCUT2D eigenvalue weighted by molar-refractivity contribution is 0.0979. The summed E-state index contributed by atoms with van der Waals surface area (Å²) in [5.74, 6) is -0.222. The Morgan fingerprint density at radius 2 is 0.786 bits per heavy atom. The number of ketones is 2. The minimum atomic E-state index is -0.490. The van der Waals surface area contributed by atoms with Gasteiger partial charge in [-0.15, -0.1) is 0 Å². The smallest absolute Gasteiger partial charge is 0.194 e. The van der Waals surface area contributed by atoms with Crippen molar-refractivity contribution in [3.8, 4) is 11.1 Å². The van der Waals surface area contributed by atoms with Crippen molar-refractivity contribution >= 4 is 28.6 Å². The van der Waals surface area contributed by atoms with E-state index in [-0.39, 0.29) is 11.6 Å². The zero-order chi connectivity index (χ0) is 28.0. The number of nitrogens with zero attached hydrogens (tertiary/aromatic N) is 1. The van der Waals surface area contributed by atoms with Crippen molar-refractivity contribution in [1.29, 1.82) is 0 Å². The third-order valence-corrected chi connectivity index (χ3v) is 9.22. The van der Waals surface area contributed by atoms with E-state index < -0.39 is 5.41 Å². The fraction of sp³-hybridized carbons (Fsp3) is 0.0256. The van der Waals surface area contributed by atoms with E-state index in [1.54, 1.807) is 18.2 Å². The number of fused-ring (bicyclic) bond motifs is 11. The van der Waals surface area contributed by atoms with Crippen LogP contribution in [0, 0.1) is 0 Å². The number of rotatable bonds is 1. The van der Waals surface area contributed by atoms with Crippen molar-refractivity contribution in [3.63, 3.8) is 0 Å². The molecule has 1 spiro atoms. The summed E-state index contributed by atoms with van der Waals surface area (Å²) >= 11 is 0. The van der Waals surface area contributed by atoms with Gasteiger partial charge in [0, 0.05) is 27.9 Å². The van der Waals surface area contributed by atoms with Gasteiger partial charge in [0.05, 0.1) is 16.8 Å². The lowest BCUT2D eigenvalue weighted by Gasteiger charge is -2.45. The molecule has 0 radical (unpaired) electrons. The minimum Gasteiger partial charge on any atom is -0.310 e. The second kappa shape index (κ2) is 8.25. The van der Waals surface area contributed by atoms with Crippen LogP contribution in [-0.2, 0) is 5.41 Å². The van der Waals surface area contributed by atoms with E-state index in [2.05, 4.69) is 102 Å². The molecule has 2 aliphatic carbocycles. The van der Waals surface area contributed by atoms with Crippen molar-refractivity contribution in [1.82, 2.24) is 0 Å². The zero-order valence-corrected chi connectivity index (χ0v) is 22.5. The van der Waals surface area contributed by atoms with Gasteiger partial charge in [0.15, 0.2) is 11.6 Å². The first-order valence-corrected chi connectivity index (χ1v) is 14.2. The van der Waals surface area contributed by atoms with Crippen molar-refractivity contribution in [2.24, 2.45) is 0 Å². The Kier molecular flexibility index (Phi) is 4.55. The van der Waals surface area contributed by atoms with E-state index in [0.29, 0.717) is 22.3 Å². The summed E-state index contributed by atoms with van der Waals surface area (Å²) in [6.07, 6.45) is 0. The Bertz CT molecular complexity index is 2060. The van der Waals surface area contributed by atoms with Crippen LogP contribution in [0.15, 0.2) is 140 Å². The highest BCUT2D eigenvalue weighted by Crippen LogP contribution is 2.63. The van der Waals surface area contributed by atoms with Gasteiger partial charge in [-0.1, -0.05) is 109 Å². The minimum absolute atomic E-state index is 0.107. The Morgan fingerprint density at radius 3 is 1.33 bits per heavy atom. The van der Waals surface area contributed by atoms with Crippen LogP contribution < -0.4 is 4.90 Å². The predicted molar refractivity (Wildman–Crippen MR) is 165 cm³/mol. The summed E-state index contributed by atoms with van der Waals surface area (Å²) in [4.78, 5) is 29.3. The third-order valence-electron chi connectivity index (χ3n) is 9.22. The molecular formula is C39H23NO2. The maximum Gasteiger partial charge on any atom is 0.194 e. The highest BCUT2D eigenvalue weighted by Gasteiger charge is 2.51. The highest BCUT2D eigenvalue weighted by molar-refractivity contribution is 6.28. The molecular weight excluding hydrogens is 514 g/mol. The number of benzene rings is 6. The van der Waals surface area contributed by atoms with Crippen LogP contribution in [-0.4, -0.2) is 11.6 Å². The lowest BCUT2D eigenvalue weighted by Crippen LogP contribution is -2.36. The van der Waals surface area contributed by atoms with Crippen LogP contribution in [0.1, 0.15) is 54.1 Å². The molecule has 0 N–H and O–H groups in total. The second-order valence-corrected chi connectivity index (χ2v) is 11.1. The molecule has 196 valence electrons. The number of anilines is 3. The van der Waals surface area contributed by atoms with Crippen molar-refractivity contribution in [2.45, 2.75) is 5.41 Å². The Hall–Kier alpha value is -5.54. The van der Waals surface area contributed by atoms with Crippen LogP contribution in [0.4, 0.5) is 17.1 Å². The summed E-state index contributed by atoms with van der Waals surface area (Å²) in [5.41, 5.74) is 11.7. The van der Waals surface area contributed by atoms with E-state index in [4.69, 9.17) is 0 Å². The predicted octanol–water partition coefficient (Wildman–Crippen LogP) is 8.61. The lowest BCUT2D eigenvalue weighted by atomic mass is 9.64. The third kappa shape index (κ3) is 2.75. The highest BCUT2D eigenvalue weighted by atomic mass is 16.1. The first kappa shape index (κ1) is 23.2. The maximum atomic E-state index is 13.7. The molecule has 9 rings (SSSR count). The quantitative estimate of drug-likeness (QED) is 0.210. The maximum absolute atomic E-state index is 13.7. The fourth-order valence-electron chi connectivity index (χ4n) is 7.57. The molecule has 0 bridgehead atoms. The molecule has 0 unspecified atom stereocenters. The van der Waals surface area contributed by atoms with Gasteiger partial charge in [-0.2, -0.15) is 0 Å². The van der Waals surface area contributed by atoms with E-state index >= 15 is 0 Å². The Labute approximate surface area is 243 Å². The molecule has 3 nitrogen and oxygen atoms in total. The van der Waals surface area contributed by atoms with Gasteiger partial charge in [-0.05, 0) is 63.7 Å². The van der Waals surface area contributed by atoms with Gasteiger partial charge in [0.2, 0.25) is 0 Å². The van der Waals surface area contributed by atoms with E-state index in [0.717, 1.165) is 17.1 Å².